The Labute approximate surface area is 98.5 Å². The second-order valence-corrected chi connectivity index (χ2v) is 4.61. The number of thiophene rings is 1. The standard InChI is InChI=1S/C11H12ClNOS/c1-3-7-13(8-4-2)11(14)9-5-6-10(12)15-9/h3-6H,1-2,7-8H2. The van der Waals surface area contributed by atoms with E-state index in [1.54, 1.807) is 29.2 Å². The number of nitrogens with zero attached hydrogens (tertiary/aromatic N) is 1. The number of amides is 1. The summed E-state index contributed by atoms with van der Waals surface area (Å²) >= 11 is 7.05. The predicted octanol–water partition coefficient (Wildman–Crippen LogP) is 3.22. The number of rotatable bonds is 5. The van der Waals surface area contributed by atoms with E-state index in [4.69, 9.17) is 11.6 Å². The molecule has 0 unspecified atom stereocenters. The normalized spacial score (nSPS) is 9.67. The summed E-state index contributed by atoms with van der Waals surface area (Å²) in [5.41, 5.74) is 0. The third kappa shape index (κ3) is 3.22. The minimum atomic E-state index is -0.0355. The first-order valence-corrected chi connectivity index (χ1v) is 5.65. The summed E-state index contributed by atoms with van der Waals surface area (Å²) < 4.78 is 0.621. The summed E-state index contributed by atoms with van der Waals surface area (Å²) in [4.78, 5) is 14.2. The molecule has 80 valence electrons. The summed E-state index contributed by atoms with van der Waals surface area (Å²) in [6.45, 7) is 8.25. The molecule has 1 rings (SSSR count). The molecule has 0 aliphatic rings. The smallest absolute Gasteiger partial charge is 0.264 e. The van der Waals surface area contributed by atoms with Crippen LogP contribution in [0.4, 0.5) is 0 Å². The van der Waals surface area contributed by atoms with Crippen LogP contribution < -0.4 is 0 Å². The van der Waals surface area contributed by atoms with Crippen molar-refractivity contribution in [3.63, 3.8) is 0 Å². The van der Waals surface area contributed by atoms with Gasteiger partial charge in [-0.25, -0.2) is 0 Å². The highest BCUT2D eigenvalue weighted by atomic mass is 35.5. The summed E-state index contributed by atoms with van der Waals surface area (Å²) in [7, 11) is 0. The van der Waals surface area contributed by atoms with E-state index < -0.39 is 0 Å². The maximum atomic E-state index is 11.9. The number of hydrogen-bond acceptors (Lipinski definition) is 2. The fraction of sp³-hybridized carbons (Fsp3) is 0.182. The summed E-state index contributed by atoms with van der Waals surface area (Å²) in [6.07, 6.45) is 3.38. The molecule has 1 aromatic rings. The van der Waals surface area contributed by atoms with Crippen molar-refractivity contribution in [2.75, 3.05) is 13.1 Å². The van der Waals surface area contributed by atoms with Crippen molar-refractivity contribution in [2.45, 2.75) is 0 Å². The van der Waals surface area contributed by atoms with Crippen LogP contribution in [-0.4, -0.2) is 23.9 Å². The van der Waals surface area contributed by atoms with Crippen molar-refractivity contribution in [3.8, 4) is 0 Å². The lowest BCUT2D eigenvalue weighted by Crippen LogP contribution is -2.30. The number of carbonyl (C=O) groups is 1. The largest absolute Gasteiger partial charge is 0.331 e. The molecule has 1 amide bonds. The van der Waals surface area contributed by atoms with Crippen LogP contribution in [0.25, 0.3) is 0 Å². The van der Waals surface area contributed by atoms with Crippen LogP contribution in [-0.2, 0) is 0 Å². The van der Waals surface area contributed by atoms with Gasteiger partial charge in [-0.05, 0) is 12.1 Å². The van der Waals surface area contributed by atoms with Crippen molar-refractivity contribution >= 4 is 28.8 Å². The predicted molar refractivity (Wildman–Crippen MR) is 65.6 cm³/mol. The number of carbonyl (C=O) groups excluding carboxylic acids is 1. The van der Waals surface area contributed by atoms with Crippen molar-refractivity contribution < 1.29 is 4.79 Å². The Morgan fingerprint density at radius 3 is 2.40 bits per heavy atom. The van der Waals surface area contributed by atoms with Crippen molar-refractivity contribution in [1.82, 2.24) is 4.90 Å². The Morgan fingerprint density at radius 2 is 2.00 bits per heavy atom. The third-order valence-corrected chi connectivity index (χ3v) is 2.99. The molecule has 0 atom stereocenters. The van der Waals surface area contributed by atoms with E-state index in [0.29, 0.717) is 22.3 Å². The average Bonchev–Trinajstić information content (AvgIpc) is 2.63. The van der Waals surface area contributed by atoms with Crippen molar-refractivity contribution in [2.24, 2.45) is 0 Å². The second kappa shape index (κ2) is 5.73. The van der Waals surface area contributed by atoms with Crippen LogP contribution in [0, 0.1) is 0 Å². The van der Waals surface area contributed by atoms with Gasteiger partial charge in [0.15, 0.2) is 0 Å². The molecule has 0 N–H and O–H groups in total. The van der Waals surface area contributed by atoms with E-state index >= 15 is 0 Å². The van der Waals surface area contributed by atoms with Gasteiger partial charge in [0.2, 0.25) is 0 Å². The zero-order chi connectivity index (χ0) is 11.3. The quantitative estimate of drug-likeness (QED) is 0.725. The maximum absolute atomic E-state index is 11.9. The highest BCUT2D eigenvalue weighted by molar-refractivity contribution is 7.17. The number of hydrogen-bond donors (Lipinski definition) is 0. The SMILES string of the molecule is C=CCN(CC=C)C(=O)c1ccc(Cl)s1. The molecule has 0 fully saturated rings. The minimum absolute atomic E-state index is 0.0355. The molecule has 0 aliphatic heterocycles. The van der Waals surface area contributed by atoms with Crippen LogP contribution in [0.2, 0.25) is 4.34 Å². The molecule has 0 radical (unpaired) electrons. The molecule has 2 nitrogen and oxygen atoms in total. The molecule has 0 bridgehead atoms. The molecule has 15 heavy (non-hydrogen) atoms. The van der Waals surface area contributed by atoms with E-state index in [2.05, 4.69) is 13.2 Å². The van der Waals surface area contributed by atoms with Crippen LogP contribution in [0.3, 0.4) is 0 Å². The second-order valence-electron chi connectivity index (χ2n) is 2.89. The minimum Gasteiger partial charge on any atom is -0.331 e. The molecule has 0 aromatic carbocycles. The highest BCUT2D eigenvalue weighted by Crippen LogP contribution is 2.22. The van der Waals surface area contributed by atoms with Gasteiger partial charge in [0.25, 0.3) is 5.91 Å². The lowest BCUT2D eigenvalue weighted by Gasteiger charge is -2.17. The van der Waals surface area contributed by atoms with Gasteiger partial charge in [0, 0.05) is 13.1 Å². The average molecular weight is 242 g/mol. The zero-order valence-electron chi connectivity index (χ0n) is 8.28. The Kier molecular flexibility index (Phi) is 4.59. The molecule has 0 saturated heterocycles. The molecule has 4 heteroatoms. The fourth-order valence-electron chi connectivity index (χ4n) is 1.14. The monoisotopic (exact) mass is 241 g/mol. The summed E-state index contributed by atoms with van der Waals surface area (Å²) in [5, 5.41) is 0. The first-order valence-electron chi connectivity index (χ1n) is 4.45. The van der Waals surface area contributed by atoms with Gasteiger partial charge in [-0.1, -0.05) is 23.8 Å². The number of halogens is 1. The van der Waals surface area contributed by atoms with E-state index in [-0.39, 0.29) is 5.91 Å². The molecule has 1 heterocycles. The molecular formula is C11H12ClNOS. The molecule has 0 spiro atoms. The van der Waals surface area contributed by atoms with E-state index in [9.17, 15) is 4.79 Å². The highest BCUT2D eigenvalue weighted by Gasteiger charge is 2.14. The maximum Gasteiger partial charge on any atom is 0.264 e. The first-order chi connectivity index (χ1) is 7.19. The van der Waals surface area contributed by atoms with Gasteiger partial charge < -0.3 is 4.90 Å². The topological polar surface area (TPSA) is 20.3 Å². The summed E-state index contributed by atoms with van der Waals surface area (Å²) in [5.74, 6) is -0.0355. The molecular weight excluding hydrogens is 230 g/mol. The Morgan fingerprint density at radius 1 is 1.40 bits per heavy atom. The lowest BCUT2D eigenvalue weighted by atomic mass is 10.3. The molecule has 1 aromatic heterocycles. The van der Waals surface area contributed by atoms with E-state index in [0.717, 1.165) is 0 Å². The van der Waals surface area contributed by atoms with E-state index in [1.807, 2.05) is 0 Å². The Bertz CT molecular complexity index is 362. The Hall–Kier alpha value is -1.06. The van der Waals surface area contributed by atoms with Crippen molar-refractivity contribution in [3.05, 3.63) is 46.7 Å². The third-order valence-electron chi connectivity index (χ3n) is 1.77. The van der Waals surface area contributed by atoms with Crippen LogP contribution in [0.15, 0.2) is 37.4 Å². The van der Waals surface area contributed by atoms with Crippen LogP contribution in [0.5, 0.6) is 0 Å². The molecule has 0 aliphatic carbocycles. The van der Waals surface area contributed by atoms with Gasteiger partial charge in [0.1, 0.15) is 0 Å². The van der Waals surface area contributed by atoms with Crippen molar-refractivity contribution in [1.29, 1.82) is 0 Å². The Balaban J connectivity index is 2.79. The van der Waals surface area contributed by atoms with Gasteiger partial charge in [-0.2, -0.15) is 0 Å². The van der Waals surface area contributed by atoms with Gasteiger partial charge >= 0.3 is 0 Å². The molecule has 0 saturated carbocycles. The van der Waals surface area contributed by atoms with E-state index in [1.165, 1.54) is 11.3 Å². The zero-order valence-corrected chi connectivity index (χ0v) is 9.85. The van der Waals surface area contributed by atoms with Gasteiger partial charge in [-0.15, -0.1) is 24.5 Å². The van der Waals surface area contributed by atoms with Gasteiger partial charge in [0.05, 0.1) is 9.21 Å². The van der Waals surface area contributed by atoms with Crippen LogP contribution in [0.1, 0.15) is 9.67 Å². The fourth-order valence-corrected chi connectivity index (χ4v) is 2.15. The first kappa shape index (κ1) is 12.0. The summed E-state index contributed by atoms with van der Waals surface area (Å²) in [6, 6.07) is 3.45. The van der Waals surface area contributed by atoms with Crippen LogP contribution >= 0.6 is 22.9 Å². The lowest BCUT2D eigenvalue weighted by molar-refractivity contribution is 0.0795. The van der Waals surface area contributed by atoms with Gasteiger partial charge in [-0.3, -0.25) is 4.79 Å².